The number of nitrogen functional groups attached to an aromatic ring is 1. The molecule has 0 radical (unpaired) electrons. The van der Waals surface area contributed by atoms with Crippen molar-refractivity contribution in [3.8, 4) is 0 Å². The Bertz CT molecular complexity index is 407. The minimum absolute atomic E-state index is 0.569. The number of nitrogens with two attached hydrogens (primary N) is 1. The number of hydrogen-bond acceptors (Lipinski definition) is 4. The first-order valence-corrected chi connectivity index (χ1v) is 6.60. The molecule has 0 aliphatic carbocycles. The van der Waals surface area contributed by atoms with Crippen LogP contribution in [0.1, 0.15) is 6.92 Å². The molecule has 5 heteroatoms. The van der Waals surface area contributed by atoms with Gasteiger partial charge in [0.15, 0.2) is 5.82 Å². The molecule has 2 rings (SSSR count). The molecule has 1 fully saturated rings. The third kappa shape index (κ3) is 2.55. The monoisotopic (exact) mass is 298 g/mol. The molecule has 0 spiro atoms. The van der Waals surface area contributed by atoms with Crippen molar-refractivity contribution in [2.75, 3.05) is 37.8 Å². The Balaban J connectivity index is 2.19. The summed E-state index contributed by atoms with van der Waals surface area (Å²) >= 11 is 3.38. The highest BCUT2D eigenvalue weighted by atomic mass is 79.9. The normalized spacial score (nSPS) is 24.6. The molecule has 94 valence electrons. The van der Waals surface area contributed by atoms with Gasteiger partial charge in [-0.1, -0.05) is 6.92 Å². The molecule has 2 N–H and O–H groups in total. The van der Waals surface area contributed by atoms with Crippen LogP contribution >= 0.6 is 15.9 Å². The van der Waals surface area contributed by atoms with Gasteiger partial charge < -0.3 is 15.5 Å². The van der Waals surface area contributed by atoms with Crippen LogP contribution in [0.15, 0.2) is 16.7 Å². The second kappa shape index (κ2) is 4.82. The van der Waals surface area contributed by atoms with Crippen LogP contribution < -0.4 is 10.6 Å². The summed E-state index contributed by atoms with van der Waals surface area (Å²) in [6, 6.07) is 2.48. The van der Waals surface area contributed by atoms with Gasteiger partial charge >= 0.3 is 0 Å². The summed E-state index contributed by atoms with van der Waals surface area (Å²) < 4.78 is 0.926. The van der Waals surface area contributed by atoms with E-state index in [0.717, 1.165) is 29.1 Å². The van der Waals surface area contributed by atoms with Crippen molar-refractivity contribution >= 4 is 27.4 Å². The highest BCUT2D eigenvalue weighted by Gasteiger charge is 2.32. The van der Waals surface area contributed by atoms with Crippen molar-refractivity contribution in [2.24, 2.45) is 5.92 Å². The molecular formula is C12H19BrN4. The Morgan fingerprint density at radius 3 is 2.71 bits per heavy atom. The fraction of sp³-hybridized carbons (Fsp3) is 0.583. The molecule has 0 saturated carbocycles. The molecule has 0 amide bonds. The molecule has 1 aromatic heterocycles. The fourth-order valence-corrected chi connectivity index (χ4v) is 2.86. The third-order valence-corrected chi connectivity index (χ3v) is 3.83. The predicted molar refractivity (Wildman–Crippen MR) is 75.2 cm³/mol. The van der Waals surface area contributed by atoms with Crippen molar-refractivity contribution < 1.29 is 0 Å². The number of halogens is 1. The van der Waals surface area contributed by atoms with E-state index in [1.54, 1.807) is 6.20 Å². The van der Waals surface area contributed by atoms with Gasteiger partial charge in [-0.15, -0.1) is 0 Å². The molecule has 2 heterocycles. The number of nitrogens with zero attached hydrogens (tertiary/aromatic N) is 3. The van der Waals surface area contributed by atoms with Gasteiger partial charge in [0.25, 0.3) is 0 Å². The van der Waals surface area contributed by atoms with E-state index in [0.29, 0.717) is 12.0 Å². The van der Waals surface area contributed by atoms with Gasteiger partial charge in [0, 0.05) is 29.8 Å². The Morgan fingerprint density at radius 2 is 2.18 bits per heavy atom. The van der Waals surface area contributed by atoms with E-state index < -0.39 is 0 Å². The smallest absolute Gasteiger partial charge is 0.151 e. The van der Waals surface area contributed by atoms with Gasteiger partial charge in [-0.05, 0) is 42.0 Å². The van der Waals surface area contributed by atoms with Gasteiger partial charge in [0.05, 0.1) is 5.69 Å². The molecule has 0 bridgehead atoms. The zero-order valence-corrected chi connectivity index (χ0v) is 12.1. The van der Waals surface area contributed by atoms with E-state index in [1.165, 1.54) is 0 Å². The maximum absolute atomic E-state index is 6.02. The summed E-state index contributed by atoms with van der Waals surface area (Å²) in [6.07, 6.45) is 1.80. The lowest BCUT2D eigenvalue weighted by Crippen LogP contribution is -2.34. The largest absolute Gasteiger partial charge is 0.396 e. The topological polar surface area (TPSA) is 45.4 Å². The van der Waals surface area contributed by atoms with Gasteiger partial charge in [0.2, 0.25) is 0 Å². The van der Waals surface area contributed by atoms with E-state index in [-0.39, 0.29) is 0 Å². The van der Waals surface area contributed by atoms with Crippen molar-refractivity contribution in [1.29, 1.82) is 0 Å². The van der Waals surface area contributed by atoms with Crippen LogP contribution in [0.25, 0.3) is 0 Å². The van der Waals surface area contributed by atoms with Crippen LogP contribution in [0, 0.1) is 5.92 Å². The zero-order chi connectivity index (χ0) is 12.6. The maximum atomic E-state index is 6.02. The molecule has 0 aromatic carbocycles. The SMILES string of the molecule is CC1CN(c2ncc(Br)cc2N)CC1N(C)C. The lowest BCUT2D eigenvalue weighted by atomic mass is 10.1. The van der Waals surface area contributed by atoms with Crippen LogP contribution in [0.3, 0.4) is 0 Å². The fourth-order valence-electron chi connectivity index (χ4n) is 2.51. The van der Waals surface area contributed by atoms with Crippen LogP contribution in [0.5, 0.6) is 0 Å². The van der Waals surface area contributed by atoms with E-state index in [9.17, 15) is 0 Å². The van der Waals surface area contributed by atoms with Crippen LogP contribution in [-0.4, -0.2) is 43.1 Å². The first kappa shape index (κ1) is 12.6. The summed E-state index contributed by atoms with van der Waals surface area (Å²) in [7, 11) is 4.26. The van der Waals surface area contributed by atoms with E-state index in [4.69, 9.17) is 5.73 Å². The predicted octanol–water partition coefficient (Wildman–Crippen LogP) is 1.81. The summed E-state index contributed by atoms with van der Waals surface area (Å²) in [4.78, 5) is 8.98. The van der Waals surface area contributed by atoms with E-state index in [2.05, 4.69) is 51.7 Å². The number of rotatable bonds is 2. The van der Waals surface area contributed by atoms with Gasteiger partial charge in [-0.3, -0.25) is 0 Å². The highest BCUT2D eigenvalue weighted by Crippen LogP contribution is 2.29. The summed E-state index contributed by atoms with van der Waals surface area (Å²) in [5.74, 6) is 1.54. The Morgan fingerprint density at radius 1 is 1.47 bits per heavy atom. The average molecular weight is 299 g/mol. The lowest BCUT2D eigenvalue weighted by Gasteiger charge is -2.23. The van der Waals surface area contributed by atoms with Crippen molar-refractivity contribution in [3.63, 3.8) is 0 Å². The third-order valence-electron chi connectivity index (χ3n) is 3.40. The van der Waals surface area contributed by atoms with E-state index >= 15 is 0 Å². The number of pyridine rings is 1. The highest BCUT2D eigenvalue weighted by molar-refractivity contribution is 9.10. The average Bonchev–Trinajstić information content (AvgIpc) is 2.60. The maximum Gasteiger partial charge on any atom is 0.151 e. The van der Waals surface area contributed by atoms with Gasteiger partial charge in [0.1, 0.15) is 0 Å². The standard InChI is InChI=1S/C12H19BrN4/c1-8-6-17(7-11(8)16(2)3)12-10(14)4-9(13)5-15-12/h4-5,8,11H,6-7,14H2,1-3H3. The molecule has 2 unspecified atom stereocenters. The van der Waals surface area contributed by atoms with Crippen molar-refractivity contribution in [1.82, 2.24) is 9.88 Å². The molecule has 2 atom stereocenters. The Labute approximate surface area is 111 Å². The number of likely N-dealkylation sites (N-methyl/N-ethyl adjacent to an activating group) is 1. The lowest BCUT2D eigenvalue weighted by molar-refractivity contribution is 0.266. The zero-order valence-electron chi connectivity index (χ0n) is 10.5. The molecule has 1 aliphatic rings. The van der Waals surface area contributed by atoms with Crippen LogP contribution in [0.2, 0.25) is 0 Å². The Kier molecular flexibility index (Phi) is 3.58. The minimum atomic E-state index is 0.569. The molecule has 17 heavy (non-hydrogen) atoms. The molecule has 1 saturated heterocycles. The minimum Gasteiger partial charge on any atom is -0.396 e. The van der Waals surface area contributed by atoms with Crippen molar-refractivity contribution in [2.45, 2.75) is 13.0 Å². The first-order chi connectivity index (χ1) is 7.99. The summed E-state index contributed by atoms with van der Waals surface area (Å²) in [5, 5.41) is 0. The van der Waals surface area contributed by atoms with Crippen LogP contribution in [-0.2, 0) is 0 Å². The number of aromatic nitrogens is 1. The first-order valence-electron chi connectivity index (χ1n) is 5.81. The van der Waals surface area contributed by atoms with Gasteiger partial charge in [-0.25, -0.2) is 4.98 Å². The van der Waals surface area contributed by atoms with Crippen molar-refractivity contribution in [3.05, 3.63) is 16.7 Å². The number of anilines is 2. The molecule has 1 aliphatic heterocycles. The summed E-state index contributed by atoms with van der Waals surface area (Å²) in [5.41, 5.74) is 6.76. The molecule has 1 aromatic rings. The molecule has 4 nitrogen and oxygen atoms in total. The summed E-state index contributed by atoms with van der Waals surface area (Å²) in [6.45, 7) is 4.29. The second-order valence-corrected chi connectivity index (χ2v) is 5.90. The van der Waals surface area contributed by atoms with Gasteiger partial charge in [-0.2, -0.15) is 0 Å². The molecular weight excluding hydrogens is 280 g/mol. The quantitative estimate of drug-likeness (QED) is 0.905. The Hall–Kier alpha value is -0.810. The van der Waals surface area contributed by atoms with E-state index in [1.807, 2.05) is 6.07 Å². The van der Waals surface area contributed by atoms with Crippen LogP contribution in [0.4, 0.5) is 11.5 Å². The second-order valence-electron chi connectivity index (χ2n) is 4.98. The number of hydrogen-bond donors (Lipinski definition) is 1.